The molecule has 0 bridgehead atoms. The Morgan fingerprint density at radius 2 is 2.05 bits per heavy atom. The molecule has 2 aromatic rings. The fourth-order valence-corrected chi connectivity index (χ4v) is 2.06. The smallest absolute Gasteiger partial charge is 0.256 e. The summed E-state index contributed by atoms with van der Waals surface area (Å²) in [7, 11) is 3.42. The van der Waals surface area contributed by atoms with Crippen molar-refractivity contribution < 1.29 is 9.53 Å². The van der Waals surface area contributed by atoms with E-state index in [0.717, 1.165) is 18.5 Å². The van der Waals surface area contributed by atoms with Crippen LogP contribution in [0.3, 0.4) is 0 Å². The first kappa shape index (κ1) is 15.0. The van der Waals surface area contributed by atoms with Crippen molar-refractivity contribution >= 4 is 11.6 Å². The molecule has 0 aliphatic heterocycles. The molecule has 0 saturated carbocycles. The number of hydrogen-bond donors (Lipinski definition) is 2. The molecular formula is C16H19N3O2. The lowest BCUT2D eigenvalue weighted by Crippen LogP contribution is -2.17. The molecule has 1 aromatic heterocycles. The number of benzene rings is 1. The van der Waals surface area contributed by atoms with E-state index in [-0.39, 0.29) is 5.91 Å². The first-order valence-corrected chi connectivity index (χ1v) is 6.79. The van der Waals surface area contributed by atoms with Gasteiger partial charge in [-0.3, -0.25) is 4.79 Å². The van der Waals surface area contributed by atoms with E-state index >= 15 is 0 Å². The normalized spacial score (nSPS) is 10.2. The minimum atomic E-state index is -0.159. The number of carbonyl (C=O) groups is 1. The van der Waals surface area contributed by atoms with Crippen molar-refractivity contribution in [2.24, 2.45) is 0 Å². The molecule has 0 radical (unpaired) electrons. The van der Waals surface area contributed by atoms with Gasteiger partial charge in [-0.25, -0.2) is 4.98 Å². The summed E-state index contributed by atoms with van der Waals surface area (Å²) >= 11 is 0. The van der Waals surface area contributed by atoms with E-state index in [1.165, 1.54) is 7.11 Å². The van der Waals surface area contributed by atoms with Crippen LogP contribution in [0.2, 0.25) is 0 Å². The van der Waals surface area contributed by atoms with Gasteiger partial charge >= 0.3 is 0 Å². The summed E-state index contributed by atoms with van der Waals surface area (Å²) in [5.41, 5.74) is 2.24. The van der Waals surface area contributed by atoms with Crippen LogP contribution in [0.4, 0.5) is 5.69 Å². The topological polar surface area (TPSA) is 63.2 Å². The van der Waals surface area contributed by atoms with Gasteiger partial charge < -0.3 is 15.4 Å². The van der Waals surface area contributed by atoms with Crippen LogP contribution < -0.4 is 15.4 Å². The molecule has 0 saturated heterocycles. The molecule has 1 amide bonds. The Morgan fingerprint density at radius 1 is 1.24 bits per heavy atom. The number of nitrogens with one attached hydrogen (secondary N) is 2. The van der Waals surface area contributed by atoms with Crippen molar-refractivity contribution in [1.82, 2.24) is 10.3 Å². The maximum Gasteiger partial charge on any atom is 0.256 e. The summed E-state index contributed by atoms with van der Waals surface area (Å²) in [6.45, 7) is 0.820. The first-order chi connectivity index (χ1) is 10.3. The van der Waals surface area contributed by atoms with E-state index in [0.29, 0.717) is 17.1 Å². The van der Waals surface area contributed by atoms with Crippen LogP contribution in [-0.2, 0) is 6.42 Å². The Morgan fingerprint density at radius 3 is 2.81 bits per heavy atom. The number of rotatable bonds is 6. The monoisotopic (exact) mass is 285 g/mol. The molecule has 0 spiro atoms. The molecule has 1 heterocycles. The Bertz CT molecular complexity index is 614. The Balaban J connectivity index is 2.20. The van der Waals surface area contributed by atoms with Gasteiger partial charge in [0.25, 0.3) is 5.91 Å². The van der Waals surface area contributed by atoms with Crippen molar-refractivity contribution in [1.29, 1.82) is 0 Å². The highest BCUT2D eigenvalue weighted by molar-refractivity contribution is 6.05. The van der Waals surface area contributed by atoms with Crippen LogP contribution in [0.15, 0.2) is 42.6 Å². The molecule has 2 N–H and O–H groups in total. The van der Waals surface area contributed by atoms with Gasteiger partial charge in [0.05, 0.1) is 7.11 Å². The number of anilines is 1. The molecule has 21 heavy (non-hydrogen) atoms. The Labute approximate surface area is 124 Å². The molecule has 0 unspecified atom stereocenters. The Kier molecular flexibility index (Phi) is 5.29. The SMILES string of the molecule is CNCCc1ccccc1C(=O)Nc1cccnc1OC. The molecule has 5 nitrogen and oxygen atoms in total. The summed E-state index contributed by atoms with van der Waals surface area (Å²) < 4.78 is 5.14. The zero-order valence-electron chi connectivity index (χ0n) is 12.2. The van der Waals surface area contributed by atoms with Gasteiger partial charge in [-0.2, -0.15) is 0 Å². The number of aromatic nitrogens is 1. The fraction of sp³-hybridized carbons (Fsp3) is 0.250. The van der Waals surface area contributed by atoms with E-state index in [1.54, 1.807) is 18.3 Å². The zero-order valence-corrected chi connectivity index (χ0v) is 12.2. The zero-order chi connectivity index (χ0) is 15.1. The van der Waals surface area contributed by atoms with Gasteiger partial charge in [0.1, 0.15) is 5.69 Å². The number of likely N-dealkylation sites (N-methyl/N-ethyl adjacent to an activating group) is 1. The van der Waals surface area contributed by atoms with Gasteiger partial charge in [0.2, 0.25) is 5.88 Å². The minimum Gasteiger partial charge on any atom is -0.480 e. The highest BCUT2D eigenvalue weighted by Gasteiger charge is 2.13. The minimum absolute atomic E-state index is 0.159. The average Bonchev–Trinajstić information content (AvgIpc) is 2.53. The lowest BCUT2D eigenvalue weighted by atomic mass is 10.0. The second kappa shape index (κ2) is 7.40. The molecule has 5 heteroatoms. The molecule has 0 fully saturated rings. The lowest BCUT2D eigenvalue weighted by Gasteiger charge is -2.11. The summed E-state index contributed by atoms with van der Waals surface area (Å²) in [5, 5.41) is 5.94. The summed E-state index contributed by atoms with van der Waals surface area (Å²) in [4.78, 5) is 16.5. The van der Waals surface area contributed by atoms with Crippen molar-refractivity contribution in [3.63, 3.8) is 0 Å². The van der Waals surface area contributed by atoms with Crippen LogP contribution in [0.25, 0.3) is 0 Å². The number of ether oxygens (including phenoxy) is 1. The van der Waals surface area contributed by atoms with Crippen LogP contribution in [-0.4, -0.2) is 31.6 Å². The van der Waals surface area contributed by atoms with E-state index in [2.05, 4.69) is 15.6 Å². The number of amides is 1. The number of methoxy groups -OCH3 is 1. The number of pyridine rings is 1. The van der Waals surface area contributed by atoms with Gasteiger partial charge in [-0.1, -0.05) is 18.2 Å². The van der Waals surface area contributed by atoms with Crippen LogP contribution >= 0.6 is 0 Å². The van der Waals surface area contributed by atoms with E-state index in [9.17, 15) is 4.79 Å². The maximum absolute atomic E-state index is 12.5. The molecule has 2 rings (SSSR count). The lowest BCUT2D eigenvalue weighted by molar-refractivity contribution is 0.102. The second-order valence-corrected chi connectivity index (χ2v) is 4.53. The molecular weight excluding hydrogens is 266 g/mol. The molecule has 110 valence electrons. The predicted molar refractivity (Wildman–Crippen MR) is 82.8 cm³/mol. The van der Waals surface area contributed by atoms with E-state index < -0.39 is 0 Å². The van der Waals surface area contributed by atoms with Crippen molar-refractivity contribution in [2.75, 3.05) is 26.0 Å². The highest BCUT2D eigenvalue weighted by Crippen LogP contribution is 2.21. The fourth-order valence-electron chi connectivity index (χ4n) is 2.06. The third kappa shape index (κ3) is 3.79. The van der Waals surface area contributed by atoms with Gasteiger partial charge in [-0.15, -0.1) is 0 Å². The maximum atomic E-state index is 12.5. The average molecular weight is 285 g/mol. The third-order valence-corrected chi connectivity index (χ3v) is 3.12. The standard InChI is InChI=1S/C16H19N3O2/c1-17-11-9-12-6-3-4-7-13(12)15(20)19-14-8-5-10-18-16(14)21-2/h3-8,10,17H,9,11H2,1-2H3,(H,19,20). The molecule has 1 aromatic carbocycles. The quantitative estimate of drug-likeness (QED) is 0.853. The number of carbonyl (C=O) groups excluding carboxylic acids is 1. The molecule has 0 aliphatic carbocycles. The van der Waals surface area contributed by atoms with Gasteiger partial charge in [0.15, 0.2) is 0 Å². The van der Waals surface area contributed by atoms with E-state index in [4.69, 9.17) is 4.74 Å². The van der Waals surface area contributed by atoms with Crippen molar-refractivity contribution in [2.45, 2.75) is 6.42 Å². The largest absolute Gasteiger partial charge is 0.480 e. The summed E-state index contributed by atoms with van der Waals surface area (Å²) in [6, 6.07) is 11.1. The highest BCUT2D eigenvalue weighted by atomic mass is 16.5. The van der Waals surface area contributed by atoms with Gasteiger partial charge in [-0.05, 0) is 43.8 Å². The number of nitrogens with zero attached hydrogens (tertiary/aromatic N) is 1. The predicted octanol–water partition coefficient (Wildman–Crippen LogP) is 2.10. The van der Waals surface area contributed by atoms with Crippen LogP contribution in [0.1, 0.15) is 15.9 Å². The first-order valence-electron chi connectivity index (χ1n) is 6.79. The van der Waals surface area contributed by atoms with Crippen LogP contribution in [0.5, 0.6) is 5.88 Å². The summed E-state index contributed by atoms with van der Waals surface area (Å²) in [5.74, 6) is 0.242. The van der Waals surface area contributed by atoms with Gasteiger partial charge in [0, 0.05) is 11.8 Å². The molecule has 0 atom stereocenters. The molecule has 0 aliphatic rings. The van der Waals surface area contributed by atoms with Crippen molar-refractivity contribution in [3.05, 3.63) is 53.7 Å². The number of hydrogen-bond acceptors (Lipinski definition) is 4. The van der Waals surface area contributed by atoms with E-state index in [1.807, 2.05) is 31.3 Å². The van der Waals surface area contributed by atoms with Crippen LogP contribution in [0, 0.1) is 0 Å². The Hall–Kier alpha value is -2.40. The third-order valence-electron chi connectivity index (χ3n) is 3.12. The second-order valence-electron chi connectivity index (χ2n) is 4.53. The summed E-state index contributed by atoms with van der Waals surface area (Å²) in [6.07, 6.45) is 2.42. The van der Waals surface area contributed by atoms with Crippen molar-refractivity contribution in [3.8, 4) is 5.88 Å².